The van der Waals surface area contributed by atoms with Gasteiger partial charge in [0.05, 0.1) is 5.69 Å². The number of aromatic nitrogens is 1. The van der Waals surface area contributed by atoms with Crippen LogP contribution in [-0.2, 0) is 11.3 Å². The molecule has 0 saturated carbocycles. The van der Waals surface area contributed by atoms with Crippen LogP contribution >= 0.6 is 0 Å². The van der Waals surface area contributed by atoms with E-state index in [0.717, 1.165) is 28.1 Å². The van der Waals surface area contributed by atoms with Crippen LogP contribution in [0, 0.1) is 20.8 Å². The molecule has 5 heteroatoms. The van der Waals surface area contributed by atoms with Crippen LogP contribution in [0.5, 0.6) is 0 Å². The number of rotatable bonds is 5. The molecular formula is C17H23N3O2. The van der Waals surface area contributed by atoms with Crippen LogP contribution in [0.1, 0.15) is 34.2 Å². The molecule has 1 heterocycles. The second-order valence-corrected chi connectivity index (χ2v) is 5.74. The number of aryl methyl sites for hydroxylation is 3. The summed E-state index contributed by atoms with van der Waals surface area (Å²) in [6, 6.07) is 7.64. The van der Waals surface area contributed by atoms with Crippen molar-refractivity contribution >= 4 is 5.91 Å². The highest BCUT2D eigenvalue weighted by atomic mass is 16.5. The number of hydrogen-bond acceptors (Lipinski definition) is 4. The van der Waals surface area contributed by atoms with Gasteiger partial charge in [-0.25, -0.2) is 0 Å². The Morgan fingerprint density at radius 1 is 1.27 bits per heavy atom. The van der Waals surface area contributed by atoms with Gasteiger partial charge >= 0.3 is 0 Å². The number of amides is 1. The van der Waals surface area contributed by atoms with E-state index in [1.165, 1.54) is 0 Å². The first-order chi connectivity index (χ1) is 10.4. The fourth-order valence-corrected chi connectivity index (χ4v) is 2.57. The fraction of sp³-hybridized carbons (Fsp3) is 0.412. The molecule has 0 radical (unpaired) electrons. The molecule has 0 saturated heterocycles. The number of carbonyl (C=O) groups is 1. The van der Waals surface area contributed by atoms with Gasteiger partial charge in [0.25, 0.3) is 0 Å². The number of carbonyl (C=O) groups excluding carboxylic acids is 1. The van der Waals surface area contributed by atoms with Crippen molar-refractivity contribution in [2.75, 3.05) is 14.1 Å². The summed E-state index contributed by atoms with van der Waals surface area (Å²) in [6.07, 6.45) is 0. The van der Waals surface area contributed by atoms with Crippen LogP contribution in [0.2, 0.25) is 0 Å². The van der Waals surface area contributed by atoms with E-state index in [1.54, 1.807) is 0 Å². The van der Waals surface area contributed by atoms with Gasteiger partial charge in [-0.05, 0) is 46.0 Å². The minimum absolute atomic E-state index is 0.0284. The van der Waals surface area contributed by atoms with Crippen molar-refractivity contribution in [3.05, 3.63) is 52.4 Å². The average Bonchev–Trinajstić information content (AvgIpc) is 2.78. The lowest BCUT2D eigenvalue weighted by Gasteiger charge is -2.25. The Bertz CT molecular complexity index is 642. The zero-order valence-electron chi connectivity index (χ0n) is 13.8. The van der Waals surface area contributed by atoms with E-state index in [9.17, 15) is 4.79 Å². The topological polar surface area (TPSA) is 58.4 Å². The largest absolute Gasteiger partial charge is 0.361 e. The normalized spacial score (nSPS) is 12.5. The Balaban J connectivity index is 2.16. The molecular weight excluding hydrogens is 278 g/mol. The summed E-state index contributed by atoms with van der Waals surface area (Å²) in [6.45, 7) is 6.18. The molecule has 0 fully saturated rings. The first kappa shape index (κ1) is 16.2. The summed E-state index contributed by atoms with van der Waals surface area (Å²) in [4.78, 5) is 14.6. The molecule has 0 aliphatic rings. The molecule has 1 aromatic heterocycles. The molecule has 22 heavy (non-hydrogen) atoms. The number of hydrogen-bond donors (Lipinski definition) is 1. The summed E-state index contributed by atoms with van der Waals surface area (Å²) in [5, 5.41) is 6.90. The zero-order valence-corrected chi connectivity index (χ0v) is 13.8. The van der Waals surface area contributed by atoms with Crippen LogP contribution in [0.4, 0.5) is 0 Å². The maximum Gasteiger partial charge on any atom is 0.242 e. The molecule has 2 rings (SSSR count). The third-order valence-corrected chi connectivity index (χ3v) is 3.87. The van der Waals surface area contributed by atoms with Crippen molar-refractivity contribution in [3.63, 3.8) is 0 Å². The van der Waals surface area contributed by atoms with E-state index < -0.39 is 0 Å². The van der Waals surface area contributed by atoms with Gasteiger partial charge in [0.2, 0.25) is 5.91 Å². The zero-order chi connectivity index (χ0) is 16.3. The molecule has 0 spiro atoms. The van der Waals surface area contributed by atoms with Crippen molar-refractivity contribution in [1.82, 2.24) is 15.4 Å². The van der Waals surface area contributed by atoms with Crippen molar-refractivity contribution in [3.8, 4) is 0 Å². The van der Waals surface area contributed by atoms with Crippen LogP contribution in [-0.4, -0.2) is 30.1 Å². The molecule has 1 N–H and O–H groups in total. The van der Waals surface area contributed by atoms with Gasteiger partial charge in [-0.3, -0.25) is 9.69 Å². The lowest BCUT2D eigenvalue weighted by atomic mass is 9.99. The standard InChI is InChI=1S/C17H23N3O2/c1-11-8-6-7-9-14(11)16(20(4)5)17(21)18-10-15-12(2)19-22-13(15)3/h6-9,16H,10H2,1-5H3,(H,18,21)/t16-/m1/s1. The van der Waals surface area contributed by atoms with Gasteiger partial charge in [-0.1, -0.05) is 29.4 Å². The second kappa shape index (κ2) is 6.75. The predicted octanol–water partition coefficient (Wildman–Crippen LogP) is 2.52. The van der Waals surface area contributed by atoms with Crippen LogP contribution in [0.15, 0.2) is 28.8 Å². The Labute approximate surface area is 131 Å². The molecule has 1 amide bonds. The molecule has 1 aromatic carbocycles. The van der Waals surface area contributed by atoms with Gasteiger partial charge in [0.15, 0.2) is 0 Å². The van der Waals surface area contributed by atoms with E-state index in [0.29, 0.717) is 6.54 Å². The van der Waals surface area contributed by atoms with Crippen LogP contribution < -0.4 is 5.32 Å². The maximum atomic E-state index is 12.7. The van der Waals surface area contributed by atoms with E-state index in [-0.39, 0.29) is 11.9 Å². The highest BCUT2D eigenvalue weighted by Crippen LogP contribution is 2.22. The maximum absolute atomic E-state index is 12.7. The molecule has 118 valence electrons. The molecule has 5 nitrogen and oxygen atoms in total. The second-order valence-electron chi connectivity index (χ2n) is 5.74. The Morgan fingerprint density at radius 3 is 2.50 bits per heavy atom. The number of nitrogens with zero attached hydrogens (tertiary/aromatic N) is 2. The average molecular weight is 301 g/mol. The smallest absolute Gasteiger partial charge is 0.242 e. The summed E-state index contributed by atoms with van der Waals surface area (Å²) in [5.74, 6) is 0.717. The highest BCUT2D eigenvalue weighted by molar-refractivity contribution is 5.83. The van der Waals surface area contributed by atoms with Crippen molar-refractivity contribution in [2.24, 2.45) is 0 Å². The predicted molar refractivity (Wildman–Crippen MR) is 85.4 cm³/mol. The highest BCUT2D eigenvalue weighted by Gasteiger charge is 2.24. The summed E-state index contributed by atoms with van der Waals surface area (Å²) in [7, 11) is 3.82. The molecule has 0 unspecified atom stereocenters. The monoisotopic (exact) mass is 301 g/mol. The molecule has 2 aromatic rings. The van der Waals surface area contributed by atoms with Crippen LogP contribution in [0.25, 0.3) is 0 Å². The molecule has 0 bridgehead atoms. The SMILES string of the molecule is Cc1ccccc1[C@H](C(=O)NCc1c(C)noc1C)N(C)C. The van der Waals surface area contributed by atoms with Crippen molar-refractivity contribution in [2.45, 2.75) is 33.4 Å². The molecule has 0 aliphatic heterocycles. The minimum atomic E-state index is -0.318. The number of benzene rings is 1. The lowest BCUT2D eigenvalue weighted by molar-refractivity contribution is -0.126. The van der Waals surface area contributed by atoms with E-state index in [4.69, 9.17) is 4.52 Å². The third kappa shape index (κ3) is 3.36. The lowest BCUT2D eigenvalue weighted by Crippen LogP contribution is -2.37. The Hall–Kier alpha value is -2.14. The van der Waals surface area contributed by atoms with E-state index >= 15 is 0 Å². The molecule has 1 atom stereocenters. The Morgan fingerprint density at radius 2 is 1.95 bits per heavy atom. The summed E-state index contributed by atoms with van der Waals surface area (Å²) in [5.41, 5.74) is 3.88. The van der Waals surface area contributed by atoms with Gasteiger partial charge in [-0.15, -0.1) is 0 Å². The number of nitrogens with one attached hydrogen (secondary N) is 1. The van der Waals surface area contributed by atoms with Gasteiger partial charge in [0.1, 0.15) is 11.8 Å². The van der Waals surface area contributed by atoms with Gasteiger partial charge in [0, 0.05) is 12.1 Å². The van der Waals surface area contributed by atoms with Gasteiger partial charge < -0.3 is 9.84 Å². The van der Waals surface area contributed by atoms with E-state index in [1.807, 2.05) is 64.0 Å². The minimum Gasteiger partial charge on any atom is -0.361 e. The first-order valence-corrected chi connectivity index (χ1v) is 7.33. The summed E-state index contributed by atoms with van der Waals surface area (Å²) < 4.78 is 5.13. The van der Waals surface area contributed by atoms with E-state index in [2.05, 4.69) is 10.5 Å². The molecule has 0 aliphatic carbocycles. The quantitative estimate of drug-likeness (QED) is 0.922. The third-order valence-electron chi connectivity index (χ3n) is 3.87. The Kier molecular flexibility index (Phi) is 4.98. The fourth-order valence-electron chi connectivity index (χ4n) is 2.57. The first-order valence-electron chi connectivity index (χ1n) is 7.33. The summed E-state index contributed by atoms with van der Waals surface area (Å²) >= 11 is 0. The number of likely N-dealkylation sites (N-methyl/N-ethyl adjacent to an activating group) is 1. The van der Waals surface area contributed by atoms with Crippen molar-refractivity contribution in [1.29, 1.82) is 0 Å². The van der Waals surface area contributed by atoms with Gasteiger partial charge in [-0.2, -0.15) is 0 Å². The van der Waals surface area contributed by atoms with Crippen molar-refractivity contribution < 1.29 is 9.32 Å². The van der Waals surface area contributed by atoms with Crippen LogP contribution in [0.3, 0.4) is 0 Å².